The summed E-state index contributed by atoms with van der Waals surface area (Å²) in [4.78, 5) is 30.1. The maximum atomic E-state index is 12.7. The van der Waals surface area contributed by atoms with E-state index in [1.807, 2.05) is 97.9 Å². The van der Waals surface area contributed by atoms with Crippen molar-refractivity contribution in [2.45, 2.75) is 6.92 Å². The Bertz CT molecular complexity index is 1900. The molecular formula is C34H25ClN4O2. The Hall–Kier alpha value is -5.20. The van der Waals surface area contributed by atoms with Crippen LogP contribution in [0.15, 0.2) is 115 Å². The number of nitrogens with zero attached hydrogens (tertiary/aromatic N) is 1. The lowest BCUT2D eigenvalue weighted by molar-refractivity contribution is 0.103. The number of benzene rings is 5. The molecule has 0 aliphatic rings. The summed E-state index contributed by atoms with van der Waals surface area (Å²) in [6, 6.07) is 34.9. The molecule has 0 fully saturated rings. The van der Waals surface area contributed by atoms with E-state index in [2.05, 4.69) is 16.0 Å². The SMILES string of the molecule is Cc1ccc(C(=O)c2ccc(NC(=O)Nc3ccc(Nc4c5ccccc5nc5ccc(Cl)cc45)cc3)cc2)cc1. The molecule has 3 N–H and O–H groups in total. The average molecular weight is 557 g/mol. The maximum Gasteiger partial charge on any atom is 0.323 e. The molecule has 200 valence electrons. The Morgan fingerprint density at radius 3 is 1.88 bits per heavy atom. The highest BCUT2D eigenvalue weighted by Gasteiger charge is 2.12. The van der Waals surface area contributed by atoms with Gasteiger partial charge >= 0.3 is 6.03 Å². The Kier molecular flexibility index (Phi) is 7.06. The molecule has 41 heavy (non-hydrogen) atoms. The normalized spacial score (nSPS) is 10.9. The highest BCUT2D eigenvalue weighted by atomic mass is 35.5. The van der Waals surface area contributed by atoms with Crippen LogP contribution in [0, 0.1) is 6.92 Å². The van der Waals surface area contributed by atoms with E-state index in [1.165, 1.54) is 0 Å². The van der Waals surface area contributed by atoms with Gasteiger partial charge in [-0.15, -0.1) is 0 Å². The lowest BCUT2D eigenvalue weighted by atomic mass is 10.0. The van der Waals surface area contributed by atoms with Crippen LogP contribution in [0.25, 0.3) is 21.8 Å². The first-order valence-corrected chi connectivity index (χ1v) is 13.5. The molecule has 0 bridgehead atoms. The zero-order valence-corrected chi connectivity index (χ0v) is 22.9. The van der Waals surface area contributed by atoms with E-state index >= 15 is 0 Å². The van der Waals surface area contributed by atoms with Crippen LogP contribution in [0.1, 0.15) is 21.5 Å². The lowest BCUT2D eigenvalue weighted by Gasteiger charge is -2.14. The number of halogens is 1. The molecule has 2 amide bonds. The number of para-hydroxylation sites is 1. The predicted molar refractivity (Wildman–Crippen MR) is 168 cm³/mol. The van der Waals surface area contributed by atoms with Gasteiger partial charge in [-0.05, 0) is 79.7 Å². The molecule has 1 heterocycles. The summed E-state index contributed by atoms with van der Waals surface area (Å²) in [5.41, 5.74) is 6.98. The van der Waals surface area contributed by atoms with Crippen molar-refractivity contribution in [2.75, 3.05) is 16.0 Å². The van der Waals surface area contributed by atoms with E-state index < -0.39 is 0 Å². The van der Waals surface area contributed by atoms with E-state index in [-0.39, 0.29) is 11.8 Å². The smallest absolute Gasteiger partial charge is 0.323 e. The number of rotatable bonds is 6. The second kappa shape index (κ2) is 11.1. The van der Waals surface area contributed by atoms with E-state index in [0.29, 0.717) is 27.5 Å². The fraction of sp³-hybridized carbons (Fsp3) is 0.0294. The van der Waals surface area contributed by atoms with Crippen LogP contribution in [0.2, 0.25) is 5.02 Å². The second-order valence-corrected chi connectivity index (χ2v) is 10.2. The average Bonchev–Trinajstić information content (AvgIpc) is 2.98. The van der Waals surface area contributed by atoms with Crippen molar-refractivity contribution in [3.05, 3.63) is 137 Å². The standard InChI is InChI=1S/C34H25ClN4O2/c1-21-6-8-22(9-7-21)33(40)23-10-13-26(14-11-23)37-34(41)38-27-17-15-25(16-18-27)36-32-28-4-2-3-5-30(28)39-31-19-12-24(35)20-29(31)32/h2-20H,1H3,(H,36,39)(H2,37,38,41). The molecule has 0 aliphatic carbocycles. The summed E-state index contributed by atoms with van der Waals surface area (Å²) in [5, 5.41) is 11.7. The summed E-state index contributed by atoms with van der Waals surface area (Å²) >= 11 is 6.31. The minimum atomic E-state index is -0.385. The number of fused-ring (bicyclic) bond motifs is 2. The zero-order chi connectivity index (χ0) is 28.3. The first-order chi connectivity index (χ1) is 19.9. The third kappa shape index (κ3) is 5.73. The number of carbonyl (C=O) groups is 2. The molecule has 6 aromatic rings. The summed E-state index contributed by atoms with van der Waals surface area (Å²) in [6.07, 6.45) is 0. The van der Waals surface area contributed by atoms with Crippen molar-refractivity contribution in [1.29, 1.82) is 0 Å². The van der Waals surface area contributed by atoms with Gasteiger partial charge in [0.2, 0.25) is 0 Å². The fourth-order valence-corrected chi connectivity index (χ4v) is 4.82. The molecule has 6 nitrogen and oxygen atoms in total. The molecule has 5 aromatic carbocycles. The number of ketones is 1. The molecule has 7 heteroatoms. The van der Waals surface area contributed by atoms with Crippen molar-refractivity contribution in [1.82, 2.24) is 4.98 Å². The largest absolute Gasteiger partial charge is 0.354 e. The summed E-state index contributed by atoms with van der Waals surface area (Å²) in [7, 11) is 0. The van der Waals surface area contributed by atoms with Gasteiger partial charge in [0.25, 0.3) is 0 Å². The van der Waals surface area contributed by atoms with Crippen LogP contribution in [0.5, 0.6) is 0 Å². The van der Waals surface area contributed by atoms with Crippen LogP contribution >= 0.6 is 11.6 Å². The Morgan fingerprint density at radius 1 is 0.634 bits per heavy atom. The van der Waals surface area contributed by atoms with Crippen molar-refractivity contribution in [3.63, 3.8) is 0 Å². The number of nitrogens with one attached hydrogen (secondary N) is 3. The maximum absolute atomic E-state index is 12.7. The molecule has 6 rings (SSSR count). The van der Waals surface area contributed by atoms with E-state index in [9.17, 15) is 9.59 Å². The molecule has 0 radical (unpaired) electrons. The lowest BCUT2D eigenvalue weighted by Crippen LogP contribution is -2.19. The van der Waals surface area contributed by atoms with Crippen LogP contribution in [0.4, 0.5) is 27.5 Å². The van der Waals surface area contributed by atoms with E-state index in [1.54, 1.807) is 24.3 Å². The van der Waals surface area contributed by atoms with Crippen LogP contribution in [-0.4, -0.2) is 16.8 Å². The van der Waals surface area contributed by atoms with Gasteiger partial charge in [-0.2, -0.15) is 0 Å². The Balaban J connectivity index is 1.13. The van der Waals surface area contributed by atoms with Gasteiger partial charge in [0.1, 0.15) is 0 Å². The number of aromatic nitrogens is 1. The zero-order valence-electron chi connectivity index (χ0n) is 22.1. The monoisotopic (exact) mass is 556 g/mol. The molecule has 0 aliphatic heterocycles. The number of anilines is 4. The topological polar surface area (TPSA) is 83.1 Å². The third-order valence-corrected chi connectivity index (χ3v) is 7.01. The van der Waals surface area contributed by atoms with E-state index in [0.717, 1.165) is 38.7 Å². The van der Waals surface area contributed by atoms with Crippen LogP contribution in [-0.2, 0) is 0 Å². The number of carbonyl (C=O) groups excluding carboxylic acids is 2. The van der Waals surface area contributed by atoms with Crippen molar-refractivity contribution < 1.29 is 9.59 Å². The molecule has 0 spiro atoms. The number of hydrogen-bond donors (Lipinski definition) is 3. The molecule has 1 aromatic heterocycles. The van der Waals surface area contributed by atoms with Crippen molar-refractivity contribution >= 4 is 68.0 Å². The van der Waals surface area contributed by atoms with Gasteiger partial charge < -0.3 is 16.0 Å². The number of amides is 2. The van der Waals surface area contributed by atoms with Crippen LogP contribution < -0.4 is 16.0 Å². The van der Waals surface area contributed by atoms with Gasteiger partial charge in [-0.1, -0.05) is 59.6 Å². The highest BCUT2D eigenvalue weighted by Crippen LogP contribution is 2.34. The van der Waals surface area contributed by atoms with Gasteiger partial charge in [0.15, 0.2) is 5.78 Å². The quantitative estimate of drug-likeness (QED) is 0.141. The van der Waals surface area contributed by atoms with Crippen LogP contribution in [0.3, 0.4) is 0 Å². The summed E-state index contributed by atoms with van der Waals surface area (Å²) < 4.78 is 0. The molecule has 0 saturated carbocycles. The van der Waals surface area contributed by atoms with Crippen molar-refractivity contribution in [2.24, 2.45) is 0 Å². The molecule has 0 atom stereocenters. The molecule has 0 unspecified atom stereocenters. The third-order valence-electron chi connectivity index (χ3n) is 6.77. The number of pyridine rings is 1. The number of urea groups is 1. The first kappa shape index (κ1) is 26.0. The summed E-state index contributed by atoms with van der Waals surface area (Å²) in [6.45, 7) is 1.98. The van der Waals surface area contributed by atoms with Gasteiger partial charge in [-0.25, -0.2) is 9.78 Å². The highest BCUT2D eigenvalue weighted by molar-refractivity contribution is 6.31. The van der Waals surface area contributed by atoms with Gasteiger partial charge in [0.05, 0.1) is 16.7 Å². The fourth-order valence-electron chi connectivity index (χ4n) is 4.65. The van der Waals surface area contributed by atoms with Crippen molar-refractivity contribution in [3.8, 4) is 0 Å². The predicted octanol–water partition coefficient (Wildman–Crippen LogP) is 8.97. The Morgan fingerprint density at radius 2 is 1.20 bits per heavy atom. The van der Waals surface area contributed by atoms with Gasteiger partial charge in [0, 0.05) is 44.0 Å². The summed E-state index contributed by atoms with van der Waals surface area (Å²) in [5.74, 6) is -0.0643. The first-order valence-electron chi connectivity index (χ1n) is 13.1. The minimum Gasteiger partial charge on any atom is -0.354 e. The Labute approximate surface area is 242 Å². The molecular weight excluding hydrogens is 532 g/mol. The van der Waals surface area contributed by atoms with E-state index in [4.69, 9.17) is 16.6 Å². The molecule has 0 saturated heterocycles. The number of hydrogen-bond acceptors (Lipinski definition) is 4. The number of aryl methyl sites for hydroxylation is 1. The second-order valence-electron chi connectivity index (χ2n) is 9.72. The minimum absolute atomic E-state index is 0.0643. The van der Waals surface area contributed by atoms with Gasteiger partial charge in [-0.3, -0.25) is 4.79 Å².